The van der Waals surface area contributed by atoms with Gasteiger partial charge >= 0.3 is 0 Å². The van der Waals surface area contributed by atoms with Crippen molar-refractivity contribution in [2.75, 3.05) is 0 Å². The van der Waals surface area contributed by atoms with Gasteiger partial charge in [-0.05, 0) is 19.3 Å². The van der Waals surface area contributed by atoms with Gasteiger partial charge in [0, 0.05) is 0 Å². The lowest BCUT2D eigenvalue weighted by molar-refractivity contribution is -0.126. The Morgan fingerprint density at radius 1 is 1.55 bits per heavy atom. The largest absolute Gasteiger partial charge is 0.374 e. The molecule has 3 atom stereocenters. The number of rotatable bonds is 1. The molecule has 11 heavy (non-hydrogen) atoms. The molecular formula is C7H12N2O2. The minimum atomic E-state index is -0.0720. The number of nitrogens with two attached hydrogens (primary N) is 1. The zero-order valence-corrected chi connectivity index (χ0v) is 6.25. The van der Waals surface area contributed by atoms with Gasteiger partial charge in [-0.25, -0.2) is 5.84 Å². The molecule has 2 fully saturated rings. The van der Waals surface area contributed by atoms with Crippen molar-refractivity contribution in [2.24, 2.45) is 11.8 Å². The fourth-order valence-corrected chi connectivity index (χ4v) is 2.02. The first-order valence-electron chi connectivity index (χ1n) is 3.97. The van der Waals surface area contributed by atoms with Crippen LogP contribution in [0.5, 0.6) is 0 Å². The van der Waals surface area contributed by atoms with E-state index in [-0.39, 0.29) is 17.9 Å². The molecule has 2 aliphatic rings. The maximum atomic E-state index is 11.1. The molecule has 2 rings (SSSR count). The summed E-state index contributed by atoms with van der Waals surface area (Å²) in [7, 11) is 0. The van der Waals surface area contributed by atoms with E-state index >= 15 is 0 Å². The number of fused-ring (bicyclic) bond motifs is 2. The van der Waals surface area contributed by atoms with Crippen LogP contribution < -0.4 is 11.3 Å². The molecule has 3 N–H and O–H groups in total. The molecule has 0 spiro atoms. The van der Waals surface area contributed by atoms with Crippen LogP contribution in [0, 0.1) is 5.92 Å². The Kier molecular flexibility index (Phi) is 1.58. The monoisotopic (exact) mass is 156 g/mol. The third-order valence-corrected chi connectivity index (χ3v) is 2.59. The molecule has 0 aromatic carbocycles. The Labute approximate surface area is 65.1 Å². The van der Waals surface area contributed by atoms with Crippen LogP contribution in [0.1, 0.15) is 19.3 Å². The summed E-state index contributed by atoms with van der Waals surface area (Å²) >= 11 is 0. The highest BCUT2D eigenvalue weighted by atomic mass is 16.5. The number of carbonyl (C=O) groups excluding carboxylic acids is 1. The summed E-state index contributed by atoms with van der Waals surface area (Å²) in [6, 6.07) is 0. The van der Waals surface area contributed by atoms with Gasteiger partial charge in [-0.15, -0.1) is 0 Å². The number of ether oxygens (including phenoxy) is 1. The maximum Gasteiger partial charge on any atom is 0.239 e. The molecule has 2 heterocycles. The van der Waals surface area contributed by atoms with Gasteiger partial charge < -0.3 is 4.74 Å². The Balaban J connectivity index is 2.02. The van der Waals surface area contributed by atoms with Crippen LogP contribution in [-0.4, -0.2) is 18.1 Å². The number of nitrogens with one attached hydrogen (secondary N) is 1. The topological polar surface area (TPSA) is 64.3 Å². The summed E-state index contributed by atoms with van der Waals surface area (Å²) < 4.78 is 5.49. The number of hydrazine groups is 1. The normalized spacial score (nSPS) is 41.0. The van der Waals surface area contributed by atoms with E-state index in [0.29, 0.717) is 6.10 Å². The second-order valence-electron chi connectivity index (χ2n) is 3.22. The van der Waals surface area contributed by atoms with Gasteiger partial charge in [0.05, 0.1) is 18.1 Å². The smallest absolute Gasteiger partial charge is 0.239 e. The van der Waals surface area contributed by atoms with Crippen LogP contribution in [0.4, 0.5) is 0 Å². The van der Waals surface area contributed by atoms with E-state index in [1.165, 1.54) is 0 Å². The highest BCUT2D eigenvalue weighted by Crippen LogP contribution is 2.38. The number of amides is 1. The number of hydrogen-bond donors (Lipinski definition) is 2. The van der Waals surface area contributed by atoms with Crippen LogP contribution in [0.3, 0.4) is 0 Å². The van der Waals surface area contributed by atoms with Gasteiger partial charge in [-0.2, -0.15) is 0 Å². The molecule has 2 saturated heterocycles. The highest BCUT2D eigenvalue weighted by Gasteiger charge is 2.44. The third kappa shape index (κ3) is 1.02. The summed E-state index contributed by atoms with van der Waals surface area (Å²) in [6.07, 6.45) is 3.45. The predicted molar refractivity (Wildman–Crippen MR) is 38.3 cm³/mol. The first kappa shape index (κ1) is 7.06. The van der Waals surface area contributed by atoms with Crippen molar-refractivity contribution < 1.29 is 9.53 Å². The average molecular weight is 156 g/mol. The van der Waals surface area contributed by atoms with Gasteiger partial charge in [0.25, 0.3) is 0 Å². The zero-order valence-electron chi connectivity index (χ0n) is 6.25. The van der Waals surface area contributed by atoms with Crippen LogP contribution in [-0.2, 0) is 9.53 Å². The lowest BCUT2D eigenvalue weighted by Crippen LogP contribution is -2.39. The molecule has 0 aromatic rings. The molecule has 0 aromatic heterocycles. The van der Waals surface area contributed by atoms with Crippen LogP contribution >= 0.6 is 0 Å². The van der Waals surface area contributed by atoms with Gasteiger partial charge in [-0.3, -0.25) is 10.2 Å². The molecule has 4 heteroatoms. The fourth-order valence-electron chi connectivity index (χ4n) is 2.02. The quantitative estimate of drug-likeness (QED) is 0.307. The van der Waals surface area contributed by atoms with Crippen molar-refractivity contribution in [3.63, 3.8) is 0 Å². The van der Waals surface area contributed by atoms with Crippen LogP contribution in [0.2, 0.25) is 0 Å². The van der Waals surface area contributed by atoms with E-state index in [2.05, 4.69) is 5.43 Å². The standard InChI is InChI=1S/C7H12N2O2/c8-9-7(10)5-3-4-1-2-6(5)11-4/h4-6H,1-3,8H2,(H,9,10). The summed E-state index contributed by atoms with van der Waals surface area (Å²) in [5, 5.41) is 0. The summed E-state index contributed by atoms with van der Waals surface area (Å²) in [4.78, 5) is 11.1. The predicted octanol–water partition coefficient (Wildman–Crippen LogP) is -0.456. The van der Waals surface area contributed by atoms with E-state index in [9.17, 15) is 4.79 Å². The van der Waals surface area contributed by atoms with E-state index in [0.717, 1.165) is 19.3 Å². The van der Waals surface area contributed by atoms with Crippen LogP contribution in [0.15, 0.2) is 0 Å². The SMILES string of the molecule is NNC(=O)C1CC2CCC1O2. The Bertz CT molecular complexity index is 183. The summed E-state index contributed by atoms with van der Waals surface area (Å²) in [5.41, 5.74) is 2.17. The van der Waals surface area contributed by atoms with Crippen molar-refractivity contribution in [3.05, 3.63) is 0 Å². The average Bonchev–Trinajstić information content (AvgIpc) is 2.62. The number of hydrogen-bond acceptors (Lipinski definition) is 3. The molecule has 4 nitrogen and oxygen atoms in total. The van der Waals surface area contributed by atoms with Crippen molar-refractivity contribution in [2.45, 2.75) is 31.5 Å². The van der Waals surface area contributed by atoms with Crippen molar-refractivity contribution in [1.82, 2.24) is 5.43 Å². The third-order valence-electron chi connectivity index (χ3n) is 2.59. The second-order valence-corrected chi connectivity index (χ2v) is 3.22. The molecule has 0 saturated carbocycles. The molecule has 1 amide bonds. The first-order chi connectivity index (χ1) is 5.31. The molecule has 0 aliphatic carbocycles. The van der Waals surface area contributed by atoms with Gasteiger partial charge in [-0.1, -0.05) is 0 Å². The first-order valence-corrected chi connectivity index (χ1v) is 3.97. The second kappa shape index (κ2) is 2.46. The maximum absolute atomic E-state index is 11.1. The summed E-state index contributed by atoms with van der Waals surface area (Å²) in [6.45, 7) is 0. The lowest BCUT2D eigenvalue weighted by Gasteiger charge is -2.15. The van der Waals surface area contributed by atoms with E-state index < -0.39 is 0 Å². The van der Waals surface area contributed by atoms with E-state index in [1.807, 2.05) is 0 Å². The molecule has 3 unspecified atom stereocenters. The molecule has 62 valence electrons. The summed E-state index contributed by atoms with van der Waals surface area (Å²) in [5.74, 6) is 4.97. The molecule has 2 bridgehead atoms. The molecule has 0 radical (unpaired) electrons. The van der Waals surface area contributed by atoms with Gasteiger partial charge in [0.1, 0.15) is 0 Å². The molecular weight excluding hydrogens is 144 g/mol. The fraction of sp³-hybridized carbons (Fsp3) is 0.857. The van der Waals surface area contributed by atoms with Crippen LogP contribution in [0.25, 0.3) is 0 Å². The highest BCUT2D eigenvalue weighted by molar-refractivity contribution is 5.79. The van der Waals surface area contributed by atoms with E-state index in [4.69, 9.17) is 10.6 Å². The minimum absolute atomic E-state index is 0.0127. The Morgan fingerprint density at radius 3 is 2.82 bits per heavy atom. The van der Waals surface area contributed by atoms with Crippen molar-refractivity contribution in [3.8, 4) is 0 Å². The van der Waals surface area contributed by atoms with Gasteiger partial charge in [0.15, 0.2) is 0 Å². The Morgan fingerprint density at radius 2 is 2.36 bits per heavy atom. The van der Waals surface area contributed by atoms with Crippen molar-refractivity contribution in [1.29, 1.82) is 0 Å². The minimum Gasteiger partial charge on any atom is -0.374 e. The number of carbonyl (C=O) groups is 1. The van der Waals surface area contributed by atoms with E-state index in [1.54, 1.807) is 0 Å². The van der Waals surface area contributed by atoms with Gasteiger partial charge in [0.2, 0.25) is 5.91 Å². The zero-order chi connectivity index (χ0) is 7.84. The lowest BCUT2D eigenvalue weighted by atomic mass is 9.89. The Hall–Kier alpha value is -0.610. The van der Waals surface area contributed by atoms with Crippen molar-refractivity contribution >= 4 is 5.91 Å². The molecule has 2 aliphatic heterocycles.